The van der Waals surface area contributed by atoms with Crippen LogP contribution < -0.4 is 5.32 Å². The van der Waals surface area contributed by atoms with Crippen LogP contribution in [0.25, 0.3) is 5.57 Å². The first-order chi connectivity index (χ1) is 20.5. The summed E-state index contributed by atoms with van der Waals surface area (Å²) < 4.78 is 7.10. The van der Waals surface area contributed by atoms with Gasteiger partial charge in [0.25, 0.3) is 5.91 Å². The molecule has 6 rings (SSSR count). The summed E-state index contributed by atoms with van der Waals surface area (Å²) in [5, 5.41) is 2.48. The summed E-state index contributed by atoms with van der Waals surface area (Å²) in [5.74, 6) is -0.682. The molecule has 7 nitrogen and oxygen atoms in total. The summed E-state index contributed by atoms with van der Waals surface area (Å²) >= 11 is 4.53. The Balaban J connectivity index is 1.31. The van der Waals surface area contributed by atoms with Crippen LogP contribution in [0.3, 0.4) is 0 Å². The fourth-order valence-corrected chi connectivity index (χ4v) is 7.95. The van der Waals surface area contributed by atoms with E-state index in [-0.39, 0.29) is 23.9 Å². The van der Waals surface area contributed by atoms with E-state index in [1.54, 1.807) is 6.20 Å². The maximum Gasteiger partial charge on any atom is 0.356 e. The lowest BCUT2D eigenvalue weighted by atomic mass is 10.00. The zero-order valence-electron chi connectivity index (χ0n) is 22.6. The van der Waals surface area contributed by atoms with E-state index in [2.05, 4.69) is 10.3 Å². The molecule has 2 aliphatic heterocycles. The Labute approximate surface area is 256 Å². The highest BCUT2D eigenvalue weighted by Crippen LogP contribution is 2.45. The van der Waals surface area contributed by atoms with Crippen molar-refractivity contribution in [1.29, 1.82) is 0 Å². The zero-order chi connectivity index (χ0) is 29.1. The van der Waals surface area contributed by atoms with Crippen molar-refractivity contribution in [2.24, 2.45) is 0 Å². The van der Waals surface area contributed by atoms with Crippen molar-refractivity contribution >= 4 is 58.2 Å². The first kappa shape index (κ1) is 28.3. The average Bonchev–Trinajstić information content (AvgIpc) is 3.52. The van der Waals surface area contributed by atoms with Crippen LogP contribution in [0.2, 0.25) is 0 Å². The Morgan fingerprint density at radius 2 is 1.62 bits per heavy atom. The normalized spacial score (nSPS) is 18.0. The van der Waals surface area contributed by atoms with Gasteiger partial charge in [-0.15, -0.1) is 23.1 Å². The number of esters is 1. The predicted molar refractivity (Wildman–Crippen MR) is 167 cm³/mol. The van der Waals surface area contributed by atoms with Crippen molar-refractivity contribution in [3.8, 4) is 0 Å². The smallest absolute Gasteiger partial charge is 0.356 e. The minimum absolute atomic E-state index is 0.173. The maximum atomic E-state index is 14.1. The Morgan fingerprint density at radius 1 is 1.00 bits per heavy atom. The van der Waals surface area contributed by atoms with E-state index in [1.165, 1.54) is 39.8 Å². The number of thiazole rings is 1. The number of nitrogens with one attached hydrogen (secondary N) is 1. The van der Waals surface area contributed by atoms with Crippen molar-refractivity contribution in [3.05, 3.63) is 124 Å². The maximum absolute atomic E-state index is 14.1. The molecule has 212 valence electrons. The molecule has 3 aromatic carbocycles. The summed E-state index contributed by atoms with van der Waals surface area (Å²) in [7, 11) is 0. The van der Waals surface area contributed by atoms with E-state index in [9.17, 15) is 14.4 Å². The molecule has 1 saturated heterocycles. The third-order valence-corrected chi connectivity index (χ3v) is 10.4. The summed E-state index contributed by atoms with van der Waals surface area (Å²) in [6.45, 7) is 0. The van der Waals surface area contributed by atoms with Gasteiger partial charge in [-0.1, -0.05) is 103 Å². The van der Waals surface area contributed by atoms with Crippen LogP contribution in [0.4, 0.5) is 0 Å². The third-order valence-electron chi connectivity index (χ3n) is 7.07. The van der Waals surface area contributed by atoms with Crippen LogP contribution in [-0.2, 0) is 25.5 Å². The molecule has 1 aromatic heterocycles. The van der Waals surface area contributed by atoms with Crippen molar-refractivity contribution < 1.29 is 19.1 Å². The number of hydrogen-bond acceptors (Lipinski definition) is 8. The van der Waals surface area contributed by atoms with Gasteiger partial charge in [-0.3, -0.25) is 14.5 Å². The van der Waals surface area contributed by atoms with Crippen molar-refractivity contribution in [3.63, 3.8) is 0 Å². The van der Waals surface area contributed by atoms with Gasteiger partial charge in [0.2, 0.25) is 5.91 Å². The standard InChI is InChI=1S/C32H27N3O4S3/c1-40-32-33-18-24(42-32)23-19-41-30-26(34-25(36)17-20-11-5-2-6-12-20)29(37)35(30)27(23)31(38)39-28(21-13-7-3-8-14-21)22-15-9-4-10-16-22/h2-16,18,26,28,30H,17,19H2,1H3,(H,34,36)/t26-,30-/m1/s1. The summed E-state index contributed by atoms with van der Waals surface area (Å²) in [6.07, 6.45) is 3.20. The monoisotopic (exact) mass is 613 g/mol. The topological polar surface area (TPSA) is 88.6 Å². The first-order valence-electron chi connectivity index (χ1n) is 13.4. The number of β-lactam (4-membered cyclic amide) rings is 1. The zero-order valence-corrected chi connectivity index (χ0v) is 25.1. The fourth-order valence-electron chi connectivity index (χ4n) is 5.04. The van der Waals surface area contributed by atoms with Gasteiger partial charge in [0.1, 0.15) is 21.5 Å². The largest absolute Gasteiger partial charge is 0.448 e. The molecule has 0 radical (unpaired) electrons. The lowest BCUT2D eigenvalue weighted by molar-refractivity contribution is -0.154. The molecule has 4 aromatic rings. The van der Waals surface area contributed by atoms with Gasteiger partial charge < -0.3 is 10.1 Å². The second-order valence-corrected chi connectivity index (χ2v) is 12.9. The molecule has 0 saturated carbocycles. The molecule has 0 aliphatic carbocycles. The van der Waals surface area contributed by atoms with Crippen molar-refractivity contribution in [1.82, 2.24) is 15.2 Å². The van der Waals surface area contributed by atoms with Crippen molar-refractivity contribution in [2.75, 3.05) is 12.0 Å². The molecule has 0 spiro atoms. The highest BCUT2D eigenvalue weighted by molar-refractivity contribution is 8.00. The molecule has 1 fully saturated rings. The van der Waals surface area contributed by atoms with Crippen LogP contribution in [-0.4, -0.2) is 51.1 Å². The van der Waals surface area contributed by atoms with E-state index < -0.39 is 23.5 Å². The number of hydrogen-bond donors (Lipinski definition) is 1. The van der Waals surface area contributed by atoms with E-state index in [0.29, 0.717) is 11.3 Å². The van der Waals surface area contributed by atoms with Crippen LogP contribution in [0.1, 0.15) is 27.7 Å². The van der Waals surface area contributed by atoms with Gasteiger partial charge in [-0.2, -0.15) is 0 Å². The molecule has 10 heteroatoms. The molecular formula is C32H27N3O4S3. The fraction of sp³-hybridized carbons (Fsp3) is 0.188. The number of fused-ring (bicyclic) bond motifs is 1. The number of carbonyl (C=O) groups is 3. The molecular weight excluding hydrogens is 587 g/mol. The van der Waals surface area contributed by atoms with E-state index in [1.807, 2.05) is 97.3 Å². The molecule has 42 heavy (non-hydrogen) atoms. The minimum atomic E-state index is -0.724. The van der Waals surface area contributed by atoms with Gasteiger partial charge in [0, 0.05) is 17.5 Å². The van der Waals surface area contributed by atoms with E-state index >= 15 is 0 Å². The SMILES string of the molecule is CSc1ncc(C2=C(C(=O)OC(c3ccccc3)c3ccccc3)N3C(=O)[C@@H](NC(=O)Cc4ccccc4)[C@H]3SC2)s1. The average molecular weight is 614 g/mol. The molecule has 0 unspecified atom stereocenters. The van der Waals surface area contributed by atoms with Gasteiger partial charge in [0.05, 0.1) is 11.3 Å². The number of benzene rings is 3. The highest BCUT2D eigenvalue weighted by Gasteiger charge is 2.55. The van der Waals surface area contributed by atoms with Crippen molar-refractivity contribution in [2.45, 2.75) is 28.3 Å². The van der Waals surface area contributed by atoms with Gasteiger partial charge in [-0.25, -0.2) is 9.78 Å². The summed E-state index contributed by atoms with van der Waals surface area (Å²) in [5.41, 5.74) is 3.43. The predicted octanol–water partition coefficient (Wildman–Crippen LogP) is 5.55. The summed E-state index contributed by atoms with van der Waals surface area (Å²) in [6, 6.07) is 27.8. The van der Waals surface area contributed by atoms with E-state index in [0.717, 1.165) is 25.9 Å². The van der Waals surface area contributed by atoms with Gasteiger partial charge >= 0.3 is 5.97 Å². The number of thioether (sulfide) groups is 2. The molecule has 2 amide bonds. The number of rotatable bonds is 9. The van der Waals surface area contributed by atoms with E-state index in [4.69, 9.17) is 4.74 Å². The first-order valence-corrected chi connectivity index (χ1v) is 16.4. The number of amides is 2. The van der Waals surface area contributed by atoms with Crippen LogP contribution in [0, 0.1) is 0 Å². The Hall–Kier alpha value is -3.86. The Morgan fingerprint density at radius 3 is 2.21 bits per heavy atom. The van der Waals surface area contributed by atoms with Gasteiger partial charge in [-0.05, 0) is 22.9 Å². The Bertz CT molecular complexity index is 1590. The highest BCUT2D eigenvalue weighted by atomic mass is 32.2. The Kier molecular flexibility index (Phi) is 8.46. The molecule has 2 aliphatic rings. The lowest BCUT2D eigenvalue weighted by Crippen LogP contribution is -2.70. The third kappa shape index (κ3) is 5.74. The minimum Gasteiger partial charge on any atom is -0.448 e. The second kappa shape index (κ2) is 12.6. The number of aromatic nitrogens is 1. The molecule has 2 atom stereocenters. The second-order valence-electron chi connectivity index (χ2n) is 9.75. The van der Waals surface area contributed by atoms with Crippen LogP contribution in [0.5, 0.6) is 0 Å². The molecule has 3 heterocycles. The number of ether oxygens (including phenoxy) is 1. The lowest BCUT2D eigenvalue weighted by Gasteiger charge is -2.49. The molecule has 1 N–H and O–H groups in total. The van der Waals surface area contributed by atoms with Gasteiger partial charge in [0.15, 0.2) is 6.10 Å². The summed E-state index contributed by atoms with van der Waals surface area (Å²) in [4.78, 5) is 47.3. The number of nitrogens with zero attached hydrogens (tertiary/aromatic N) is 2. The van der Waals surface area contributed by atoms with Crippen LogP contribution in [0.15, 0.2) is 107 Å². The van der Waals surface area contributed by atoms with Crippen LogP contribution >= 0.6 is 34.9 Å². The molecule has 0 bridgehead atoms. The quantitative estimate of drug-likeness (QED) is 0.150. The number of carbonyl (C=O) groups excluding carboxylic acids is 3.